The Kier molecular flexibility index (Phi) is 3.94. The van der Waals surface area contributed by atoms with Crippen LogP contribution in [0, 0.1) is 6.92 Å². The molecule has 5 heteroatoms. The lowest BCUT2D eigenvalue weighted by molar-refractivity contribution is 0.220. The number of benzene rings is 2. The van der Waals surface area contributed by atoms with Gasteiger partial charge in [0, 0.05) is 10.8 Å². The number of nitrogens with zero attached hydrogens (tertiary/aromatic N) is 2. The van der Waals surface area contributed by atoms with Crippen LogP contribution in [0.25, 0.3) is 32.7 Å². The molecule has 0 aliphatic rings. The Morgan fingerprint density at radius 2 is 1.50 bits per heavy atom. The van der Waals surface area contributed by atoms with Gasteiger partial charge in [0.15, 0.2) is 0 Å². The molecule has 0 spiro atoms. The van der Waals surface area contributed by atoms with Crippen LogP contribution in [-0.2, 0) is 0 Å². The van der Waals surface area contributed by atoms with Crippen molar-refractivity contribution >= 4 is 32.7 Å². The van der Waals surface area contributed by atoms with Crippen molar-refractivity contribution in [2.24, 2.45) is 0 Å². The Morgan fingerprint density at radius 1 is 0.846 bits per heavy atom. The molecule has 2 heterocycles. The molecule has 0 saturated carbocycles. The monoisotopic (exact) mass is 350 g/mol. The number of para-hydroxylation sites is 1. The summed E-state index contributed by atoms with van der Waals surface area (Å²) in [4.78, 5) is 0. The minimum absolute atomic E-state index is 0.00136. The van der Waals surface area contributed by atoms with Crippen molar-refractivity contribution in [3.8, 4) is 11.8 Å². The highest BCUT2D eigenvalue weighted by molar-refractivity contribution is 6.21. The molecule has 2 aromatic carbocycles. The van der Waals surface area contributed by atoms with Crippen LogP contribution < -0.4 is 9.47 Å². The lowest BCUT2D eigenvalue weighted by Gasteiger charge is -2.15. The molecule has 0 unspecified atom stereocenters. The molecule has 0 amide bonds. The average molecular weight is 350 g/mol. The number of hydrogen-bond acceptors (Lipinski definition) is 5. The highest BCUT2D eigenvalue weighted by Gasteiger charge is 2.21. The minimum atomic E-state index is -0.0149. The van der Waals surface area contributed by atoms with E-state index in [1.165, 1.54) is 0 Å². The first kappa shape index (κ1) is 16.6. The summed E-state index contributed by atoms with van der Waals surface area (Å²) in [6, 6.07) is 10.1. The maximum Gasteiger partial charge on any atom is 0.242 e. The van der Waals surface area contributed by atoms with Crippen LogP contribution >= 0.6 is 0 Å². The van der Waals surface area contributed by atoms with Crippen molar-refractivity contribution in [2.45, 2.75) is 46.8 Å². The maximum atomic E-state index is 6.13. The van der Waals surface area contributed by atoms with Crippen molar-refractivity contribution in [2.75, 3.05) is 0 Å². The number of ether oxygens (including phenoxy) is 2. The van der Waals surface area contributed by atoms with E-state index in [1.807, 2.05) is 58.9 Å². The molecule has 0 saturated heterocycles. The van der Waals surface area contributed by atoms with Crippen LogP contribution in [0.4, 0.5) is 0 Å². The minimum Gasteiger partial charge on any atom is -0.473 e. The first-order chi connectivity index (χ1) is 12.5. The largest absolute Gasteiger partial charge is 0.473 e. The Balaban J connectivity index is 2.19. The summed E-state index contributed by atoms with van der Waals surface area (Å²) in [5.41, 5.74) is 2.72. The summed E-state index contributed by atoms with van der Waals surface area (Å²) < 4.78 is 18.0. The summed E-state index contributed by atoms with van der Waals surface area (Å²) in [6.07, 6.45) is -0.0136. The van der Waals surface area contributed by atoms with Gasteiger partial charge in [-0.05, 0) is 52.3 Å². The van der Waals surface area contributed by atoms with E-state index < -0.39 is 0 Å². The van der Waals surface area contributed by atoms with E-state index in [1.54, 1.807) is 0 Å². The standard InChI is InChI=1S/C21H22N2O3/c1-11(2)24-20-15-10-13(5)19-17(14-8-6-7-9-16(14)26-19)18(15)21(23-22-20)25-12(3)4/h6-12H,1-5H3. The first-order valence-corrected chi connectivity index (χ1v) is 8.90. The average Bonchev–Trinajstić information content (AvgIpc) is 2.97. The normalized spacial score (nSPS) is 12.0. The number of fused-ring (bicyclic) bond motifs is 5. The topological polar surface area (TPSA) is 57.4 Å². The van der Waals surface area contributed by atoms with E-state index in [2.05, 4.69) is 16.3 Å². The lowest BCUT2D eigenvalue weighted by atomic mass is 10.0. The molecule has 0 radical (unpaired) electrons. The molecule has 0 N–H and O–H groups in total. The molecule has 0 bridgehead atoms. The van der Waals surface area contributed by atoms with Crippen LogP contribution in [-0.4, -0.2) is 22.4 Å². The van der Waals surface area contributed by atoms with E-state index in [-0.39, 0.29) is 12.2 Å². The quantitative estimate of drug-likeness (QED) is 0.492. The zero-order valence-electron chi connectivity index (χ0n) is 15.7. The van der Waals surface area contributed by atoms with Gasteiger partial charge in [0.05, 0.1) is 23.0 Å². The van der Waals surface area contributed by atoms with Crippen molar-refractivity contribution in [3.05, 3.63) is 35.9 Å². The summed E-state index contributed by atoms with van der Waals surface area (Å²) in [5, 5.41) is 12.4. The Hall–Kier alpha value is -2.82. The fraction of sp³-hybridized carbons (Fsp3) is 0.333. The zero-order chi connectivity index (χ0) is 18.4. The van der Waals surface area contributed by atoms with Crippen molar-refractivity contribution in [3.63, 3.8) is 0 Å². The second kappa shape index (κ2) is 6.16. The molecule has 26 heavy (non-hydrogen) atoms. The Labute approximate surface area is 151 Å². The van der Waals surface area contributed by atoms with Gasteiger partial charge in [0.2, 0.25) is 11.8 Å². The van der Waals surface area contributed by atoms with Gasteiger partial charge >= 0.3 is 0 Å². The molecular weight excluding hydrogens is 328 g/mol. The van der Waals surface area contributed by atoms with E-state index in [9.17, 15) is 0 Å². The molecule has 0 fully saturated rings. The second-order valence-corrected chi connectivity index (χ2v) is 7.06. The SMILES string of the molecule is Cc1cc2c(OC(C)C)nnc(OC(C)C)c2c2c1oc1ccccc12. The van der Waals surface area contributed by atoms with Crippen LogP contribution in [0.1, 0.15) is 33.3 Å². The number of furan rings is 1. The molecule has 4 rings (SSSR count). The van der Waals surface area contributed by atoms with Gasteiger partial charge in [-0.15, -0.1) is 10.2 Å². The smallest absolute Gasteiger partial charge is 0.242 e. The third-order valence-electron chi connectivity index (χ3n) is 4.20. The van der Waals surface area contributed by atoms with Gasteiger partial charge in [-0.3, -0.25) is 0 Å². The molecule has 0 atom stereocenters. The Bertz CT molecular complexity index is 1110. The lowest BCUT2D eigenvalue weighted by Crippen LogP contribution is -2.11. The zero-order valence-corrected chi connectivity index (χ0v) is 15.7. The molecule has 0 aliphatic heterocycles. The second-order valence-electron chi connectivity index (χ2n) is 7.06. The van der Waals surface area contributed by atoms with E-state index >= 15 is 0 Å². The number of aryl methyl sites for hydroxylation is 1. The van der Waals surface area contributed by atoms with Crippen LogP contribution in [0.2, 0.25) is 0 Å². The van der Waals surface area contributed by atoms with Crippen LogP contribution in [0.3, 0.4) is 0 Å². The van der Waals surface area contributed by atoms with E-state index in [4.69, 9.17) is 13.9 Å². The van der Waals surface area contributed by atoms with Crippen LogP contribution in [0.5, 0.6) is 11.8 Å². The predicted octanol–water partition coefficient (Wildman–Crippen LogP) is 5.41. The summed E-state index contributed by atoms with van der Waals surface area (Å²) in [6.45, 7) is 9.94. The van der Waals surface area contributed by atoms with E-state index in [0.717, 1.165) is 38.3 Å². The van der Waals surface area contributed by atoms with E-state index in [0.29, 0.717) is 11.8 Å². The van der Waals surface area contributed by atoms with Gasteiger partial charge in [-0.1, -0.05) is 18.2 Å². The van der Waals surface area contributed by atoms with Crippen molar-refractivity contribution in [1.29, 1.82) is 0 Å². The molecular formula is C21H22N2O3. The number of aromatic nitrogens is 2. The number of rotatable bonds is 4. The molecule has 0 aliphatic carbocycles. The third kappa shape index (κ3) is 2.64. The maximum absolute atomic E-state index is 6.13. The van der Waals surface area contributed by atoms with Gasteiger partial charge in [-0.25, -0.2) is 0 Å². The molecule has 2 aromatic heterocycles. The molecule has 134 valence electrons. The molecule has 4 aromatic rings. The van der Waals surface area contributed by atoms with Crippen molar-refractivity contribution < 1.29 is 13.9 Å². The number of hydrogen-bond donors (Lipinski definition) is 0. The highest BCUT2D eigenvalue weighted by atomic mass is 16.5. The Morgan fingerprint density at radius 3 is 2.23 bits per heavy atom. The van der Waals surface area contributed by atoms with Gasteiger partial charge in [0.1, 0.15) is 11.2 Å². The predicted molar refractivity (Wildman–Crippen MR) is 103 cm³/mol. The highest BCUT2D eigenvalue weighted by Crippen LogP contribution is 2.42. The van der Waals surface area contributed by atoms with Gasteiger partial charge in [-0.2, -0.15) is 0 Å². The summed E-state index contributed by atoms with van der Waals surface area (Å²) in [7, 11) is 0. The van der Waals surface area contributed by atoms with Gasteiger partial charge in [0.25, 0.3) is 0 Å². The molecule has 5 nitrogen and oxygen atoms in total. The first-order valence-electron chi connectivity index (χ1n) is 8.90. The van der Waals surface area contributed by atoms with Crippen molar-refractivity contribution in [1.82, 2.24) is 10.2 Å². The fourth-order valence-corrected chi connectivity index (χ4v) is 3.26. The summed E-state index contributed by atoms with van der Waals surface area (Å²) in [5.74, 6) is 1.02. The van der Waals surface area contributed by atoms with Crippen LogP contribution in [0.15, 0.2) is 34.7 Å². The third-order valence-corrected chi connectivity index (χ3v) is 4.20. The summed E-state index contributed by atoms with van der Waals surface area (Å²) >= 11 is 0. The van der Waals surface area contributed by atoms with Gasteiger partial charge < -0.3 is 13.9 Å². The fourth-order valence-electron chi connectivity index (χ4n) is 3.26.